The SMILES string of the molecule is CCCC(C)N(C)CC(OCC)C(=O)O. The number of carbonyl (C=O) groups is 1. The van der Waals surface area contributed by atoms with E-state index < -0.39 is 12.1 Å². The van der Waals surface area contributed by atoms with Gasteiger partial charge in [0.25, 0.3) is 0 Å². The number of rotatable bonds is 8. The number of nitrogens with zero attached hydrogens (tertiary/aromatic N) is 1. The molecule has 0 aliphatic carbocycles. The molecule has 0 aliphatic heterocycles. The average molecular weight is 217 g/mol. The summed E-state index contributed by atoms with van der Waals surface area (Å²) in [5.41, 5.74) is 0. The van der Waals surface area contributed by atoms with Crippen molar-refractivity contribution in [1.82, 2.24) is 4.90 Å². The van der Waals surface area contributed by atoms with Gasteiger partial charge in [-0.25, -0.2) is 4.79 Å². The second kappa shape index (κ2) is 7.65. The number of aliphatic carboxylic acids is 1. The van der Waals surface area contributed by atoms with Crippen LogP contribution in [0.2, 0.25) is 0 Å². The van der Waals surface area contributed by atoms with Crippen molar-refractivity contribution in [1.29, 1.82) is 0 Å². The molecule has 0 amide bonds. The summed E-state index contributed by atoms with van der Waals surface area (Å²) in [6.07, 6.45) is 1.48. The van der Waals surface area contributed by atoms with E-state index in [9.17, 15) is 4.79 Å². The Hall–Kier alpha value is -0.610. The summed E-state index contributed by atoms with van der Waals surface area (Å²) in [6.45, 7) is 6.93. The molecule has 0 bridgehead atoms. The Morgan fingerprint density at radius 1 is 1.47 bits per heavy atom. The van der Waals surface area contributed by atoms with Crippen LogP contribution in [0.15, 0.2) is 0 Å². The summed E-state index contributed by atoms with van der Waals surface area (Å²) in [4.78, 5) is 12.9. The van der Waals surface area contributed by atoms with E-state index >= 15 is 0 Å². The molecular weight excluding hydrogens is 194 g/mol. The fourth-order valence-electron chi connectivity index (χ4n) is 1.48. The summed E-state index contributed by atoms with van der Waals surface area (Å²) in [5.74, 6) is -0.882. The smallest absolute Gasteiger partial charge is 0.334 e. The zero-order chi connectivity index (χ0) is 11.8. The zero-order valence-electron chi connectivity index (χ0n) is 10.2. The van der Waals surface area contributed by atoms with Gasteiger partial charge in [-0.15, -0.1) is 0 Å². The van der Waals surface area contributed by atoms with Gasteiger partial charge in [-0.05, 0) is 27.3 Å². The molecule has 0 spiro atoms. The Morgan fingerprint density at radius 2 is 2.07 bits per heavy atom. The van der Waals surface area contributed by atoms with Gasteiger partial charge < -0.3 is 14.7 Å². The molecule has 4 heteroatoms. The molecule has 0 aliphatic rings. The van der Waals surface area contributed by atoms with Crippen molar-refractivity contribution in [3.8, 4) is 0 Å². The number of hydrogen-bond donors (Lipinski definition) is 1. The first-order valence-electron chi connectivity index (χ1n) is 5.57. The van der Waals surface area contributed by atoms with Gasteiger partial charge in [0.15, 0.2) is 6.10 Å². The maximum atomic E-state index is 10.9. The number of ether oxygens (including phenoxy) is 1. The molecule has 0 aromatic heterocycles. The third-order valence-electron chi connectivity index (χ3n) is 2.56. The van der Waals surface area contributed by atoms with Crippen molar-refractivity contribution in [3.05, 3.63) is 0 Å². The minimum atomic E-state index is -0.882. The molecule has 0 fully saturated rings. The Morgan fingerprint density at radius 3 is 2.47 bits per heavy atom. The molecule has 2 atom stereocenters. The van der Waals surface area contributed by atoms with Gasteiger partial charge in [0.1, 0.15) is 0 Å². The molecule has 4 nitrogen and oxygen atoms in total. The predicted octanol–water partition coefficient (Wildman–Crippen LogP) is 1.60. The standard InChI is InChI=1S/C11H23NO3/c1-5-7-9(3)12(4)8-10(11(13)14)15-6-2/h9-10H,5-8H2,1-4H3,(H,13,14). The summed E-state index contributed by atoms with van der Waals surface area (Å²) >= 11 is 0. The monoisotopic (exact) mass is 217 g/mol. The van der Waals surface area contributed by atoms with Gasteiger partial charge in [-0.1, -0.05) is 13.3 Å². The van der Waals surface area contributed by atoms with Crippen molar-refractivity contribution in [2.45, 2.75) is 45.8 Å². The van der Waals surface area contributed by atoms with Crippen molar-refractivity contribution < 1.29 is 14.6 Å². The molecular formula is C11H23NO3. The molecule has 0 radical (unpaired) electrons. The van der Waals surface area contributed by atoms with Crippen molar-refractivity contribution in [2.75, 3.05) is 20.2 Å². The molecule has 90 valence electrons. The van der Waals surface area contributed by atoms with Crippen LogP contribution < -0.4 is 0 Å². The Balaban J connectivity index is 4.09. The van der Waals surface area contributed by atoms with E-state index in [0.29, 0.717) is 19.2 Å². The first-order chi connectivity index (χ1) is 7.02. The van der Waals surface area contributed by atoms with Gasteiger partial charge in [0.05, 0.1) is 0 Å². The van der Waals surface area contributed by atoms with Gasteiger partial charge in [0.2, 0.25) is 0 Å². The maximum absolute atomic E-state index is 10.9. The van der Waals surface area contributed by atoms with E-state index in [1.54, 1.807) is 0 Å². The number of likely N-dealkylation sites (N-methyl/N-ethyl adjacent to an activating group) is 1. The Kier molecular flexibility index (Phi) is 7.34. The second-order valence-electron chi connectivity index (χ2n) is 3.86. The lowest BCUT2D eigenvalue weighted by Gasteiger charge is -2.26. The highest BCUT2D eigenvalue weighted by molar-refractivity contribution is 5.72. The van der Waals surface area contributed by atoms with E-state index in [1.807, 2.05) is 18.9 Å². The fraction of sp³-hybridized carbons (Fsp3) is 0.909. The largest absolute Gasteiger partial charge is 0.479 e. The van der Waals surface area contributed by atoms with Crippen LogP contribution >= 0.6 is 0 Å². The first kappa shape index (κ1) is 14.4. The van der Waals surface area contributed by atoms with Gasteiger partial charge >= 0.3 is 5.97 Å². The average Bonchev–Trinajstić information content (AvgIpc) is 2.17. The molecule has 2 unspecified atom stereocenters. The summed E-state index contributed by atoms with van der Waals surface area (Å²) in [7, 11) is 1.94. The third kappa shape index (κ3) is 5.74. The first-order valence-corrected chi connectivity index (χ1v) is 5.57. The zero-order valence-corrected chi connectivity index (χ0v) is 10.2. The highest BCUT2D eigenvalue weighted by Gasteiger charge is 2.21. The van der Waals surface area contributed by atoms with E-state index in [4.69, 9.17) is 9.84 Å². The van der Waals surface area contributed by atoms with Crippen LogP contribution in [-0.4, -0.2) is 48.3 Å². The van der Waals surface area contributed by atoms with E-state index in [2.05, 4.69) is 13.8 Å². The normalized spacial score (nSPS) is 15.3. The molecule has 0 rings (SSSR count). The number of carboxylic acids is 1. The molecule has 1 N–H and O–H groups in total. The fourth-order valence-corrected chi connectivity index (χ4v) is 1.48. The third-order valence-corrected chi connectivity index (χ3v) is 2.56. The van der Waals surface area contributed by atoms with Crippen LogP contribution in [0, 0.1) is 0 Å². The highest BCUT2D eigenvalue weighted by atomic mass is 16.5. The lowest BCUT2D eigenvalue weighted by molar-refractivity contribution is -0.151. The van der Waals surface area contributed by atoms with E-state index in [1.165, 1.54) is 0 Å². The topological polar surface area (TPSA) is 49.8 Å². The molecule has 15 heavy (non-hydrogen) atoms. The lowest BCUT2D eigenvalue weighted by Crippen LogP contribution is -2.40. The van der Waals surface area contributed by atoms with Crippen LogP contribution in [0.25, 0.3) is 0 Å². The minimum absolute atomic E-state index is 0.400. The van der Waals surface area contributed by atoms with Crippen LogP contribution in [0.4, 0.5) is 0 Å². The molecule has 0 heterocycles. The van der Waals surface area contributed by atoms with Crippen LogP contribution in [-0.2, 0) is 9.53 Å². The van der Waals surface area contributed by atoms with Crippen molar-refractivity contribution in [3.63, 3.8) is 0 Å². The number of carboxylic acid groups (broad SMARTS) is 1. The van der Waals surface area contributed by atoms with E-state index in [-0.39, 0.29) is 0 Å². The van der Waals surface area contributed by atoms with Crippen molar-refractivity contribution in [2.24, 2.45) is 0 Å². The van der Waals surface area contributed by atoms with Gasteiger partial charge in [-0.3, -0.25) is 0 Å². The maximum Gasteiger partial charge on any atom is 0.334 e. The quantitative estimate of drug-likeness (QED) is 0.671. The summed E-state index contributed by atoms with van der Waals surface area (Å²) < 4.78 is 5.16. The van der Waals surface area contributed by atoms with Crippen LogP contribution in [0.3, 0.4) is 0 Å². The number of hydrogen-bond acceptors (Lipinski definition) is 3. The molecule has 0 aromatic carbocycles. The van der Waals surface area contributed by atoms with Gasteiger partial charge in [0, 0.05) is 19.2 Å². The summed E-state index contributed by atoms with van der Waals surface area (Å²) in [5, 5.41) is 8.91. The van der Waals surface area contributed by atoms with Gasteiger partial charge in [-0.2, -0.15) is 0 Å². The lowest BCUT2D eigenvalue weighted by atomic mass is 10.1. The molecule has 0 saturated carbocycles. The predicted molar refractivity (Wildman–Crippen MR) is 60.0 cm³/mol. The Bertz CT molecular complexity index is 185. The van der Waals surface area contributed by atoms with Crippen LogP contribution in [0.1, 0.15) is 33.6 Å². The minimum Gasteiger partial charge on any atom is -0.479 e. The summed E-state index contributed by atoms with van der Waals surface area (Å²) in [6, 6.07) is 0.400. The Labute approximate surface area is 92.2 Å². The van der Waals surface area contributed by atoms with E-state index in [0.717, 1.165) is 12.8 Å². The second-order valence-corrected chi connectivity index (χ2v) is 3.86. The molecule has 0 saturated heterocycles. The highest BCUT2D eigenvalue weighted by Crippen LogP contribution is 2.06. The van der Waals surface area contributed by atoms with Crippen molar-refractivity contribution >= 4 is 5.97 Å². The molecule has 0 aromatic rings. The van der Waals surface area contributed by atoms with Crippen LogP contribution in [0.5, 0.6) is 0 Å².